The number of aromatic nitrogens is 2. The highest BCUT2D eigenvalue weighted by Crippen LogP contribution is 2.30. The fourth-order valence-electron chi connectivity index (χ4n) is 2.61. The molecule has 0 aliphatic rings. The van der Waals surface area contributed by atoms with Crippen LogP contribution in [0.15, 0.2) is 41.5 Å². The molecule has 1 aromatic carbocycles. The molecule has 1 heterocycles. The van der Waals surface area contributed by atoms with Crippen LogP contribution in [0.5, 0.6) is 0 Å². The summed E-state index contributed by atoms with van der Waals surface area (Å²) in [6, 6.07) is 10.2. The Hall–Kier alpha value is -2.51. The van der Waals surface area contributed by atoms with Crippen molar-refractivity contribution < 1.29 is 13.2 Å². The maximum atomic E-state index is 13.0. The van der Waals surface area contributed by atoms with Crippen LogP contribution in [-0.2, 0) is 26.2 Å². The van der Waals surface area contributed by atoms with Crippen molar-refractivity contribution in [1.29, 1.82) is 0 Å². The number of nitrogens with zero attached hydrogens (tertiary/aromatic N) is 3. The van der Waals surface area contributed by atoms with Gasteiger partial charge in [-0.15, -0.1) is 0 Å². The smallest absolute Gasteiger partial charge is 0.354 e. The van der Waals surface area contributed by atoms with Crippen molar-refractivity contribution in [1.82, 2.24) is 20.4 Å². The molecule has 8 heteroatoms. The Morgan fingerprint density at radius 2 is 1.96 bits per heavy atom. The Bertz CT molecular complexity index is 722. The minimum atomic E-state index is -4.47. The molecule has 1 unspecified atom stereocenters. The Morgan fingerprint density at radius 3 is 2.58 bits per heavy atom. The minimum absolute atomic E-state index is 0.00619. The summed E-state index contributed by atoms with van der Waals surface area (Å²) in [6.07, 6.45) is -1.32. The van der Waals surface area contributed by atoms with Gasteiger partial charge in [0.25, 0.3) is 0 Å². The van der Waals surface area contributed by atoms with E-state index in [4.69, 9.17) is 0 Å². The Balaban J connectivity index is 1.88. The topological polar surface area (TPSA) is 54.2 Å². The molecule has 0 spiro atoms. The molecule has 0 saturated carbocycles. The molecule has 2 N–H and O–H groups in total. The maximum absolute atomic E-state index is 13.0. The number of guanidine groups is 1. The van der Waals surface area contributed by atoms with Gasteiger partial charge in [0.1, 0.15) is 0 Å². The first-order valence-electron chi connectivity index (χ1n) is 8.40. The number of benzene rings is 1. The van der Waals surface area contributed by atoms with Gasteiger partial charge in [0, 0.05) is 38.4 Å². The van der Waals surface area contributed by atoms with E-state index in [-0.39, 0.29) is 18.2 Å². The molecule has 0 saturated heterocycles. The number of alkyl halides is 3. The summed E-state index contributed by atoms with van der Waals surface area (Å²) in [5.41, 5.74) is 0.453. The Morgan fingerprint density at radius 1 is 1.27 bits per heavy atom. The van der Waals surface area contributed by atoms with Crippen LogP contribution in [0.25, 0.3) is 0 Å². The second-order valence-electron chi connectivity index (χ2n) is 6.17. The lowest BCUT2D eigenvalue weighted by Crippen LogP contribution is -2.42. The first-order valence-corrected chi connectivity index (χ1v) is 8.40. The molecular weight excluding hydrogens is 343 g/mol. The van der Waals surface area contributed by atoms with Gasteiger partial charge in [0.2, 0.25) is 0 Å². The molecule has 1 atom stereocenters. The van der Waals surface area contributed by atoms with Crippen LogP contribution in [0.2, 0.25) is 0 Å². The van der Waals surface area contributed by atoms with Crippen LogP contribution in [0.1, 0.15) is 30.2 Å². The third-order valence-corrected chi connectivity index (χ3v) is 3.93. The van der Waals surface area contributed by atoms with Gasteiger partial charge in [0.15, 0.2) is 11.7 Å². The molecule has 0 aliphatic heterocycles. The molecule has 0 aliphatic carbocycles. The predicted molar refractivity (Wildman–Crippen MR) is 95.8 cm³/mol. The lowest BCUT2D eigenvalue weighted by atomic mass is 10.1. The Labute approximate surface area is 151 Å². The van der Waals surface area contributed by atoms with Crippen LogP contribution >= 0.6 is 0 Å². The number of aryl methyl sites for hydroxylation is 2. The summed E-state index contributed by atoms with van der Waals surface area (Å²) < 4.78 is 40.1. The number of aliphatic imine (C=N–C) groups is 1. The SMILES string of the molecule is CN=C(NCc1cn(C)nc1C(F)(F)F)NC(C)CCc1ccccc1. The van der Waals surface area contributed by atoms with Crippen LogP contribution in [0.4, 0.5) is 13.2 Å². The van der Waals surface area contributed by atoms with Crippen LogP contribution < -0.4 is 10.6 Å². The fourth-order valence-corrected chi connectivity index (χ4v) is 2.61. The normalized spacial score (nSPS) is 13.5. The van der Waals surface area contributed by atoms with E-state index >= 15 is 0 Å². The van der Waals surface area contributed by atoms with Gasteiger partial charge in [0.05, 0.1) is 0 Å². The van der Waals surface area contributed by atoms with Crippen molar-refractivity contribution in [3.63, 3.8) is 0 Å². The van der Waals surface area contributed by atoms with Gasteiger partial charge in [-0.2, -0.15) is 18.3 Å². The molecule has 5 nitrogen and oxygen atoms in total. The quantitative estimate of drug-likeness (QED) is 0.609. The van der Waals surface area contributed by atoms with Crippen LogP contribution in [-0.4, -0.2) is 28.8 Å². The first-order chi connectivity index (χ1) is 12.3. The Kier molecular flexibility index (Phi) is 6.65. The summed E-state index contributed by atoms with van der Waals surface area (Å²) in [7, 11) is 3.06. The highest BCUT2D eigenvalue weighted by atomic mass is 19.4. The molecule has 0 fully saturated rings. The van der Waals surface area contributed by atoms with E-state index in [1.807, 2.05) is 25.1 Å². The summed E-state index contributed by atoms with van der Waals surface area (Å²) in [5.74, 6) is 0.461. The van der Waals surface area contributed by atoms with Crippen molar-refractivity contribution in [2.75, 3.05) is 7.05 Å². The monoisotopic (exact) mass is 367 g/mol. The lowest BCUT2D eigenvalue weighted by Gasteiger charge is -2.18. The zero-order valence-corrected chi connectivity index (χ0v) is 15.1. The molecule has 2 aromatic rings. The second-order valence-corrected chi connectivity index (χ2v) is 6.17. The van der Waals surface area contributed by atoms with Crippen molar-refractivity contribution in [3.8, 4) is 0 Å². The molecule has 1 aromatic heterocycles. The summed E-state index contributed by atoms with van der Waals surface area (Å²) in [5, 5.41) is 9.63. The minimum Gasteiger partial charge on any atom is -0.354 e. The molecule has 0 amide bonds. The molecule has 142 valence electrons. The zero-order chi connectivity index (χ0) is 19.2. The second kappa shape index (κ2) is 8.73. The van der Waals surface area contributed by atoms with Gasteiger partial charge in [-0.1, -0.05) is 30.3 Å². The van der Waals surface area contributed by atoms with Gasteiger partial charge in [-0.3, -0.25) is 9.67 Å². The zero-order valence-electron chi connectivity index (χ0n) is 15.1. The van der Waals surface area contributed by atoms with Crippen molar-refractivity contribution >= 4 is 5.96 Å². The van der Waals surface area contributed by atoms with E-state index in [1.54, 1.807) is 7.05 Å². The van der Waals surface area contributed by atoms with Gasteiger partial charge in [-0.25, -0.2) is 0 Å². The van der Waals surface area contributed by atoms with E-state index < -0.39 is 11.9 Å². The summed E-state index contributed by atoms with van der Waals surface area (Å²) in [6.45, 7) is 2.01. The number of hydrogen-bond donors (Lipinski definition) is 2. The van der Waals surface area contributed by atoms with Crippen LogP contribution in [0, 0.1) is 0 Å². The molecule has 0 radical (unpaired) electrons. The summed E-state index contributed by atoms with van der Waals surface area (Å²) >= 11 is 0. The van der Waals surface area contributed by atoms with Gasteiger partial charge in [-0.05, 0) is 25.3 Å². The number of nitrogens with one attached hydrogen (secondary N) is 2. The van der Waals surface area contributed by atoms with Crippen LogP contribution in [0.3, 0.4) is 0 Å². The molecule has 26 heavy (non-hydrogen) atoms. The van der Waals surface area contributed by atoms with E-state index in [0.717, 1.165) is 12.8 Å². The number of halogens is 3. The van der Waals surface area contributed by atoms with E-state index in [0.29, 0.717) is 5.96 Å². The number of rotatable bonds is 6. The van der Waals surface area contributed by atoms with Crippen molar-refractivity contribution in [2.45, 2.75) is 38.5 Å². The molecule has 2 rings (SSSR count). The first kappa shape index (κ1) is 19.8. The standard InChI is InChI=1S/C18H24F3N5/c1-13(9-10-14-7-5-4-6-8-14)24-17(22-2)23-11-15-12-26(3)25-16(15)18(19,20)21/h4-8,12-13H,9-11H2,1-3H3,(H2,22,23,24). The van der Waals surface area contributed by atoms with Crippen molar-refractivity contribution in [2.24, 2.45) is 12.0 Å². The predicted octanol–water partition coefficient (Wildman–Crippen LogP) is 3.13. The van der Waals surface area contributed by atoms with Crippen molar-refractivity contribution in [3.05, 3.63) is 53.3 Å². The summed E-state index contributed by atoms with van der Waals surface area (Å²) in [4.78, 5) is 4.08. The van der Waals surface area contributed by atoms with Gasteiger partial charge < -0.3 is 10.6 Å². The average molecular weight is 367 g/mol. The average Bonchev–Trinajstić information content (AvgIpc) is 2.99. The fraction of sp³-hybridized carbons (Fsp3) is 0.444. The molecular formula is C18H24F3N5. The third-order valence-electron chi connectivity index (χ3n) is 3.93. The molecule has 0 bridgehead atoms. The lowest BCUT2D eigenvalue weighted by molar-refractivity contribution is -0.142. The largest absolute Gasteiger partial charge is 0.435 e. The highest BCUT2D eigenvalue weighted by molar-refractivity contribution is 5.79. The number of hydrogen-bond acceptors (Lipinski definition) is 2. The van der Waals surface area contributed by atoms with E-state index in [1.165, 1.54) is 23.5 Å². The van der Waals surface area contributed by atoms with E-state index in [9.17, 15) is 13.2 Å². The van der Waals surface area contributed by atoms with E-state index in [2.05, 4.69) is 32.9 Å². The third kappa shape index (κ3) is 5.79. The van der Waals surface area contributed by atoms with Gasteiger partial charge >= 0.3 is 6.18 Å². The maximum Gasteiger partial charge on any atom is 0.435 e. The highest BCUT2D eigenvalue weighted by Gasteiger charge is 2.36.